The zero-order chi connectivity index (χ0) is 20.8. The van der Waals surface area contributed by atoms with Gasteiger partial charge in [-0.15, -0.1) is 0 Å². The molecule has 4 aliphatic carbocycles. The fourth-order valence-corrected chi connectivity index (χ4v) is 9.08. The summed E-state index contributed by atoms with van der Waals surface area (Å²) in [7, 11) is 0. The van der Waals surface area contributed by atoms with Crippen LogP contribution in [0.5, 0.6) is 0 Å². The van der Waals surface area contributed by atoms with Crippen LogP contribution in [-0.4, -0.2) is 0 Å². The lowest BCUT2D eigenvalue weighted by molar-refractivity contribution is 0.0373. The van der Waals surface area contributed by atoms with E-state index in [0.717, 1.165) is 29.6 Å². The maximum Gasteiger partial charge on any atom is -0.00826 e. The number of rotatable bonds is 5. The van der Waals surface area contributed by atoms with E-state index in [4.69, 9.17) is 0 Å². The van der Waals surface area contributed by atoms with Crippen molar-refractivity contribution < 1.29 is 0 Å². The molecule has 0 bridgehead atoms. The molecule has 4 aliphatic rings. The molecule has 0 aromatic carbocycles. The van der Waals surface area contributed by atoms with Crippen LogP contribution in [0.1, 0.15) is 119 Å². The number of hydrogen-bond donors (Lipinski definition) is 0. The first-order chi connectivity index (χ1) is 13.8. The van der Waals surface area contributed by atoms with Gasteiger partial charge in [0.05, 0.1) is 0 Å². The van der Waals surface area contributed by atoms with Crippen LogP contribution in [0.15, 0.2) is 22.8 Å². The molecule has 2 fully saturated rings. The summed E-state index contributed by atoms with van der Waals surface area (Å²) in [5.41, 5.74) is 6.62. The van der Waals surface area contributed by atoms with E-state index in [0.29, 0.717) is 10.8 Å². The van der Waals surface area contributed by atoms with Crippen molar-refractivity contribution in [1.29, 1.82) is 0 Å². The van der Waals surface area contributed by atoms with Crippen LogP contribution >= 0.6 is 0 Å². The Bertz CT molecular complexity index is 662. The lowest BCUT2D eigenvalue weighted by Gasteiger charge is -2.56. The summed E-state index contributed by atoms with van der Waals surface area (Å²) in [5.74, 6) is 4.75. The van der Waals surface area contributed by atoms with Gasteiger partial charge in [0, 0.05) is 0 Å². The van der Waals surface area contributed by atoms with Gasteiger partial charge in [-0.3, -0.25) is 0 Å². The highest BCUT2D eigenvalue weighted by Crippen LogP contribution is 2.66. The van der Waals surface area contributed by atoms with Crippen LogP contribution in [0, 0.1) is 40.4 Å². The van der Waals surface area contributed by atoms with E-state index >= 15 is 0 Å². The number of fused-ring (bicyclic) bond motifs is 4. The highest BCUT2D eigenvalue weighted by molar-refractivity contribution is 5.34. The SMILES string of the molecule is CCC1CCC[C@]2(C)C3=C(CCC12)[C@@H]1CC[C@H]([C@H](C)CCC=C(C)C)[C@@]1(C)CC3. The second kappa shape index (κ2) is 8.20. The van der Waals surface area contributed by atoms with E-state index in [1.807, 2.05) is 11.1 Å². The standard InChI is InChI=1S/C29H48/c1-7-22-12-9-18-28(5)25(22)14-13-23-26-16-15-24(21(4)11-8-10-20(2)3)29(26,6)19-17-27(23)28/h10,21-22,24-26H,7-9,11-19H2,1-6H3/t21-,22?,24-,25?,26+,28+,29-/m1/s1. The summed E-state index contributed by atoms with van der Waals surface area (Å²) >= 11 is 0. The molecule has 0 heterocycles. The normalized spacial score (nSPS) is 42.7. The van der Waals surface area contributed by atoms with Crippen molar-refractivity contribution in [3.63, 3.8) is 0 Å². The molecule has 7 atom stereocenters. The topological polar surface area (TPSA) is 0 Å². The molecule has 0 N–H and O–H groups in total. The molecule has 29 heavy (non-hydrogen) atoms. The van der Waals surface area contributed by atoms with E-state index in [1.165, 1.54) is 82.6 Å². The highest BCUT2D eigenvalue weighted by atomic mass is 14.6. The zero-order valence-corrected chi connectivity index (χ0v) is 20.4. The van der Waals surface area contributed by atoms with E-state index in [1.54, 1.807) is 0 Å². The molecule has 0 heteroatoms. The number of allylic oxidation sites excluding steroid dienone is 4. The molecule has 2 saturated carbocycles. The summed E-state index contributed by atoms with van der Waals surface area (Å²) in [5, 5.41) is 0. The largest absolute Gasteiger partial charge is 0.0859 e. The van der Waals surface area contributed by atoms with E-state index in [2.05, 4.69) is 47.6 Å². The van der Waals surface area contributed by atoms with Gasteiger partial charge in [-0.05, 0) is 112 Å². The second-order valence-electron chi connectivity index (χ2n) is 12.2. The van der Waals surface area contributed by atoms with Gasteiger partial charge in [0.2, 0.25) is 0 Å². The summed E-state index contributed by atoms with van der Waals surface area (Å²) in [6.07, 6.45) is 19.9. The van der Waals surface area contributed by atoms with Crippen LogP contribution in [0.25, 0.3) is 0 Å². The fourth-order valence-electron chi connectivity index (χ4n) is 9.08. The van der Waals surface area contributed by atoms with Crippen molar-refractivity contribution in [3.05, 3.63) is 22.8 Å². The van der Waals surface area contributed by atoms with Gasteiger partial charge < -0.3 is 0 Å². The molecular weight excluding hydrogens is 348 g/mol. The van der Waals surface area contributed by atoms with Gasteiger partial charge in [0.1, 0.15) is 0 Å². The average Bonchev–Trinajstić information content (AvgIpc) is 3.03. The van der Waals surface area contributed by atoms with Crippen molar-refractivity contribution in [2.24, 2.45) is 40.4 Å². The molecule has 0 nitrogen and oxygen atoms in total. The molecule has 0 aromatic rings. The molecule has 0 aliphatic heterocycles. The van der Waals surface area contributed by atoms with Crippen molar-refractivity contribution in [3.8, 4) is 0 Å². The second-order valence-corrected chi connectivity index (χ2v) is 12.2. The summed E-state index contributed by atoms with van der Waals surface area (Å²) < 4.78 is 0. The Morgan fingerprint density at radius 2 is 1.86 bits per heavy atom. The van der Waals surface area contributed by atoms with Gasteiger partial charge in [0.15, 0.2) is 0 Å². The predicted octanol–water partition coefficient (Wildman–Crippen LogP) is 9.12. The van der Waals surface area contributed by atoms with Gasteiger partial charge in [-0.2, -0.15) is 0 Å². The Morgan fingerprint density at radius 3 is 2.59 bits per heavy atom. The molecule has 0 aromatic heterocycles. The summed E-state index contributed by atoms with van der Waals surface area (Å²) in [6.45, 7) is 14.9. The first-order valence-corrected chi connectivity index (χ1v) is 13.2. The third-order valence-corrected chi connectivity index (χ3v) is 10.6. The third-order valence-electron chi connectivity index (χ3n) is 10.6. The monoisotopic (exact) mass is 396 g/mol. The first-order valence-electron chi connectivity index (χ1n) is 13.2. The van der Waals surface area contributed by atoms with Crippen molar-refractivity contribution in [2.75, 3.05) is 0 Å². The van der Waals surface area contributed by atoms with Crippen LogP contribution in [-0.2, 0) is 0 Å². The lowest BCUT2D eigenvalue weighted by atomic mass is 9.49. The van der Waals surface area contributed by atoms with E-state index < -0.39 is 0 Å². The van der Waals surface area contributed by atoms with Gasteiger partial charge in [-0.25, -0.2) is 0 Å². The van der Waals surface area contributed by atoms with Gasteiger partial charge >= 0.3 is 0 Å². The summed E-state index contributed by atoms with van der Waals surface area (Å²) in [6, 6.07) is 0. The minimum atomic E-state index is 0.557. The Hall–Kier alpha value is -0.520. The summed E-state index contributed by atoms with van der Waals surface area (Å²) in [4.78, 5) is 0. The Kier molecular flexibility index (Phi) is 6.14. The number of hydrogen-bond acceptors (Lipinski definition) is 0. The van der Waals surface area contributed by atoms with Crippen molar-refractivity contribution >= 4 is 0 Å². The highest BCUT2D eigenvalue weighted by Gasteiger charge is 2.56. The van der Waals surface area contributed by atoms with Crippen molar-refractivity contribution in [1.82, 2.24) is 0 Å². The Balaban J connectivity index is 1.56. The fraction of sp³-hybridized carbons (Fsp3) is 0.862. The smallest absolute Gasteiger partial charge is 0.00826 e. The van der Waals surface area contributed by atoms with Crippen molar-refractivity contribution in [2.45, 2.75) is 119 Å². The quantitative estimate of drug-likeness (QED) is 0.406. The lowest BCUT2D eigenvalue weighted by Crippen LogP contribution is -2.46. The molecule has 0 amide bonds. The minimum Gasteiger partial charge on any atom is -0.0859 e. The first kappa shape index (κ1) is 21.7. The van der Waals surface area contributed by atoms with Crippen LogP contribution in [0.3, 0.4) is 0 Å². The molecule has 0 spiro atoms. The molecule has 164 valence electrons. The molecule has 0 saturated heterocycles. The third kappa shape index (κ3) is 3.59. The van der Waals surface area contributed by atoms with E-state index in [9.17, 15) is 0 Å². The Labute approximate surface area is 182 Å². The molecule has 0 radical (unpaired) electrons. The molecule has 4 rings (SSSR count). The zero-order valence-electron chi connectivity index (χ0n) is 20.4. The minimum absolute atomic E-state index is 0.557. The van der Waals surface area contributed by atoms with Gasteiger partial charge in [-0.1, -0.05) is 69.8 Å². The van der Waals surface area contributed by atoms with Crippen LogP contribution in [0.2, 0.25) is 0 Å². The Morgan fingerprint density at radius 1 is 1.07 bits per heavy atom. The molecule has 2 unspecified atom stereocenters. The predicted molar refractivity (Wildman–Crippen MR) is 127 cm³/mol. The molecular formula is C29H48. The van der Waals surface area contributed by atoms with Crippen LogP contribution in [0.4, 0.5) is 0 Å². The average molecular weight is 397 g/mol. The van der Waals surface area contributed by atoms with Crippen LogP contribution < -0.4 is 0 Å². The maximum atomic E-state index is 2.71. The van der Waals surface area contributed by atoms with E-state index in [-0.39, 0.29) is 0 Å². The van der Waals surface area contributed by atoms with Gasteiger partial charge in [0.25, 0.3) is 0 Å². The maximum absolute atomic E-state index is 2.71.